The molecule has 3 rings (SSSR count). The molecule has 1 heterocycles. The van der Waals surface area contributed by atoms with Crippen LogP contribution in [-0.4, -0.2) is 15.8 Å². The number of hydrogen-bond acceptors (Lipinski definition) is 3. The van der Waals surface area contributed by atoms with Crippen molar-refractivity contribution >= 4 is 5.78 Å². The van der Waals surface area contributed by atoms with Gasteiger partial charge in [0.05, 0.1) is 5.56 Å². The van der Waals surface area contributed by atoms with Gasteiger partial charge in [-0.2, -0.15) is 0 Å². The lowest BCUT2D eigenvalue weighted by Gasteiger charge is -2.24. The smallest absolute Gasteiger partial charge is 0.166 e. The summed E-state index contributed by atoms with van der Waals surface area (Å²) in [6.45, 7) is 0. The Morgan fingerprint density at radius 1 is 1.21 bits per heavy atom. The Morgan fingerprint density at radius 3 is 2.84 bits per heavy atom. The summed E-state index contributed by atoms with van der Waals surface area (Å²) in [5.74, 6) is 0.486. The highest BCUT2D eigenvalue weighted by atomic mass is 16.1. The number of rotatable bonds is 3. The molecule has 0 spiro atoms. The number of carbonyl (C=O) groups excluding carboxylic acids is 1. The van der Waals surface area contributed by atoms with Gasteiger partial charge in [-0.1, -0.05) is 24.3 Å². The minimum Gasteiger partial charge on any atom is -0.294 e. The first-order chi connectivity index (χ1) is 9.34. The van der Waals surface area contributed by atoms with Gasteiger partial charge in [0.2, 0.25) is 0 Å². The first-order valence-corrected chi connectivity index (χ1v) is 6.70. The van der Waals surface area contributed by atoms with Crippen LogP contribution in [0.3, 0.4) is 0 Å². The van der Waals surface area contributed by atoms with Crippen LogP contribution in [0.4, 0.5) is 0 Å². The maximum Gasteiger partial charge on any atom is 0.166 e. The second kappa shape index (κ2) is 5.31. The number of fused-ring (bicyclic) bond motifs is 1. The third-order valence-electron chi connectivity index (χ3n) is 3.81. The van der Waals surface area contributed by atoms with E-state index in [4.69, 9.17) is 0 Å². The van der Waals surface area contributed by atoms with Crippen molar-refractivity contribution < 1.29 is 4.79 Å². The highest BCUT2D eigenvalue weighted by Gasteiger charge is 2.22. The standard InChI is InChI=1S/C16H16N2O/c19-16(14-9-17-11-18-10-14)8-13-6-3-5-12-4-1-2-7-15(12)13/h1-2,4,7,9-11,13H,3,5-6,8H2. The van der Waals surface area contributed by atoms with Crippen LogP contribution in [0, 0.1) is 0 Å². The van der Waals surface area contributed by atoms with Crippen LogP contribution in [0.2, 0.25) is 0 Å². The molecule has 1 atom stereocenters. The zero-order valence-electron chi connectivity index (χ0n) is 10.7. The van der Waals surface area contributed by atoms with Gasteiger partial charge in [-0.05, 0) is 36.3 Å². The Balaban J connectivity index is 1.80. The van der Waals surface area contributed by atoms with E-state index in [9.17, 15) is 4.79 Å². The molecule has 3 nitrogen and oxygen atoms in total. The van der Waals surface area contributed by atoms with Crippen LogP contribution in [-0.2, 0) is 6.42 Å². The molecule has 96 valence electrons. The lowest BCUT2D eigenvalue weighted by atomic mass is 9.80. The van der Waals surface area contributed by atoms with Crippen molar-refractivity contribution in [2.45, 2.75) is 31.6 Å². The minimum absolute atomic E-state index is 0.141. The molecule has 2 aromatic rings. The molecule has 0 fully saturated rings. The third-order valence-corrected chi connectivity index (χ3v) is 3.81. The maximum atomic E-state index is 12.2. The highest BCUT2D eigenvalue weighted by Crippen LogP contribution is 2.34. The number of nitrogens with zero attached hydrogens (tertiary/aromatic N) is 2. The molecule has 1 unspecified atom stereocenters. The van der Waals surface area contributed by atoms with Gasteiger partial charge in [-0.3, -0.25) is 4.79 Å². The van der Waals surface area contributed by atoms with Crippen molar-refractivity contribution in [2.75, 3.05) is 0 Å². The van der Waals surface area contributed by atoms with Crippen molar-refractivity contribution in [1.29, 1.82) is 0 Å². The molecule has 0 saturated heterocycles. The largest absolute Gasteiger partial charge is 0.294 e. The SMILES string of the molecule is O=C(CC1CCCc2ccccc21)c1cncnc1. The Bertz CT molecular complexity index is 580. The van der Waals surface area contributed by atoms with Gasteiger partial charge in [0, 0.05) is 18.8 Å². The van der Waals surface area contributed by atoms with Crippen LogP contribution in [0.15, 0.2) is 43.0 Å². The summed E-state index contributed by atoms with van der Waals surface area (Å²) < 4.78 is 0. The van der Waals surface area contributed by atoms with E-state index >= 15 is 0 Å². The summed E-state index contributed by atoms with van der Waals surface area (Å²) in [5, 5.41) is 0. The van der Waals surface area contributed by atoms with Gasteiger partial charge in [0.1, 0.15) is 6.33 Å². The average molecular weight is 252 g/mol. The van der Waals surface area contributed by atoms with E-state index in [1.165, 1.54) is 23.9 Å². The van der Waals surface area contributed by atoms with E-state index in [-0.39, 0.29) is 5.78 Å². The molecule has 0 amide bonds. The summed E-state index contributed by atoms with van der Waals surface area (Å²) in [4.78, 5) is 20.1. The number of ketones is 1. The van der Waals surface area contributed by atoms with Gasteiger partial charge in [0.15, 0.2) is 5.78 Å². The number of carbonyl (C=O) groups is 1. The summed E-state index contributed by atoms with van der Waals surface area (Å²) in [5.41, 5.74) is 3.36. The van der Waals surface area contributed by atoms with Gasteiger partial charge in [0.25, 0.3) is 0 Å². The molecule has 3 heteroatoms. The molecule has 1 aromatic carbocycles. The zero-order chi connectivity index (χ0) is 13.1. The second-order valence-electron chi connectivity index (χ2n) is 5.04. The van der Waals surface area contributed by atoms with E-state index in [0.29, 0.717) is 17.9 Å². The summed E-state index contributed by atoms with van der Waals surface area (Å²) in [6, 6.07) is 8.48. The monoisotopic (exact) mass is 252 g/mol. The van der Waals surface area contributed by atoms with Crippen LogP contribution in [0.5, 0.6) is 0 Å². The van der Waals surface area contributed by atoms with Crippen molar-refractivity contribution in [3.8, 4) is 0 Å². The lowest BCUT2D eigenvalue weighted by molar-refractivity contribution is 0.0970. The maximum absolute atomic E-state index is 12.2. The molecular weight excluding hydrogens is 236 g/mol. The molecule has 0 aliphatic heterocycles. The van der Waals surface area contributed by atoms with Crippen molar-refractivity contribution in [3.05, 3.63) is 59.7 Å². The van der Waals surface area contributed by atoms with E-state index in [1.54, 1.807) is 12.4 Å². The number of aryl methyl sites for hydroxylation is 1. The molecular formula is C16H16N2O. The summed E-state index contributed by atoms with van der Waals surface area (Å²) in [7, 11) is 0. The molecule has 0 radical (unpaired) electrons. The van der Waals surface area contributed by atoms with Gasteiger partial charge >= 0.3 is 0 Å². The summed E-state index contributed by atoms with van der Waals surface area (Å²) in [6.07, 6.45) is 8.61. The van der Waals surface area contributed by atoms with E-state index in [0.717, 1.165) is 12.8 Å². The Kier molecular flexibility index (Phi) is 3.36. The van der Waals surface area contributed by atoms with Crippen molar-refractivity contribution in [3.63, 3.8) is 0 Å². The van der Waals surface area contributed by atoms with Gasteiger partial charge in [-0.25, -0.2) is 9.97 Å². The van der Waals surface area contributed by atoms with Crippen molar-refractivity contribution in [1.82, 2.24) is 9.97 Å². The predicted molar refractivity (Wildman–Crippen MR) is 73.1 cm³/mol. The number of Topliss-reactive ketones (excluding diaryl/α,β-unsaturated/α-hetero) is 1. The Hall–Kier alpha value is -2.03. The molecule has 0 N–H and O–H groups in total. The molecule has 1 aromatic heterocycles. The third kappa shape index (κ3) is 2.55. The topological polar surface area (TPSA) is 42.9 Å². The normalized spacial score (nSPS) is 17.8. The second-order valence-corrected chi connectivity index (χ2v) is 5.04. The minimum atomic E-state index is 0.141. The van der Waals surface area contributed by atoms with Crippen LogP contribution >= 0.6 is 0 Å². The van der Waals surface area contributed by atoms with Crippen LogP contribution in [0.1, 0.15) is 46.7 Å². The zero-order valence-corrected chi connectivity index (χ0v) is 10.7. The van der Waals surface area contributed by atoms with E-state index in [2.05, 4.69) is 34.2 Å². The fourth-order valence-corrected chi connectivity index (χ4v) is 2.85. The summed E-state index contributed by atoms with van der Waals surface area (Å²) >= 11 is 0. The number of hydrogen-bond donors (Lipinski definition) is 0. The van der Waals surface area contributed by atoms with Crippen LogP contribution < -0.4 is 0 Å². The highest BCUT2D eigenvalue weighted by molar-refractivity contribution is 5.96. The van der Waals surface area contributed by atoms with Crippen LogP contribution in [0.25, 0.3) is 0 Å². The first kappa shape index (κ1) is 12.0. The molecule has 19 heavy (non-hydrogen) atoms. The van der Waals surface area contributed by atoms with E-state index in [1.807, 2.05) is 0 Å². The molecule has 0 saturated carbocycles. The number of benzene rings is 1. The van der Waals surface area contributed by atoms with Crippen molar-refractivity contribution in [2.24, 2.45) is 0 Å². The first-order valence-electron chi connectivity index (χ1n) is 6.70. The van der Waals surface area contributed by atoms with Gasteiger partial charge in [-0.15, -0.1) is 0 Å². The molecule has 0 bridgehead atoms. The fourth-order valence-electron chi connectivity index (χ4n) is 2.85. The number of aromatic nitrogens is 2. The Morgan fingerprint density at radius 2 is 2.00 bits per heavy atom. The molecule has 1 aliphatic rings. The van der Waals surface area contributed by atoms with Gasteiger partial charge < -0.3 is 0 Å². The lowest BCUT2D eigenvalue weighted by Crippen LogP contribution is -2.14. The van der Waals surface area contributed by atoms with E-state index < -0.39 is 0 Å². The molecule has 1 aliphatic carbocycles. The fraction of sp³-hybridized carbons (Fsp3) is 0.312. The quantitative estimate of drug-likeness (QED) is 0.788. The predicted octanol–water partition coefficient (Wildman–Crippen LogP) is 3.17. The Labute approximate surface area is 112 Å². The average Bonchev–Trinajstić information content (AvgIpc) is 2.48.